The fourth-order valence-electron chi connectivity index (χ4n) is 2.31. The first-order valence-electron chi connectivity index (χ1n) is 8.02. The molecule has 5 nitrogen and oxygen atoms in total. The first kappa shape index (κ1) is 17.8. The van der Waals surface area contributed by atoms with E-state index in [1.807, 2.05) is 18.2 Å². The highest BCUT2D eigenvalue weighted by Crippen LogP contribution is 2.33. The summed E-state index contributed by atoms with van der Waals surface area (Å²) in [5, 5.41) is 9.61. The molecule has 1 aromatic carbocycles. The lowest BCUT2D eigenvalue weighted by Gasteiger charge is -2.12. The number of allylic oxidation sites excluding steroid dienone is 1. The molecule has 0 unspecified atom stereocenters. The number of hydrogen-bond acceptors (Lipinski definition) is 6. The standard InChI is InChI=1S/C18H21N5S2/c1-6-11-23-14(13-10-8-7-9-12(13)2)20-21-16(23)24-17-19-15(22-25-17)18(3,4)5/h6-10H,1,11H2,2-5H3. The molecule has 0 amide bonds. The molecule has 0 bridgehead atoms. The molecule has 0 fully saturated rings. The average molecular weight is 372 g/mol. The fraction of sp³-hybridized carbons (Fsp3) is 0.333. The van der Waals surface area contributed by atoms with Gasteiger partial charge in [0.2, 0.25) is 0 Å². The Balaban J connectivity index is 1.96. The summed E-state index contributed by atoms with van der Waals surface area (Å²) in [5.74, 6) is 1.70. The molecule has 0 aliphatic rings. The maximum atomic E-state index is 4.64. The van der Waals surface area contributed by atoms with Crippen molar-refractivity contribution < 1.29 is 0 Å². The van der Waals surface area contributed by atoms with Crippen LogP contribution in [0.15, 0.2) is 46.4 Å². The Kier molecular flexibility index (Phi) is 5.06. The van der Waals surface area contributed by atoms with Crippen LogP contribution < -0.4 is 0 Å². The molecule has 0 saturated heterocycles. The van der Waals surface area contributed by atoms with Gasteiger partial charge in [0, 0.05) is 17.5 Å². The van der Waals surface area contributed by atoms with Crippen LogP contribution in [-0.4, -0.2) is 24.1 Å². The van der Waals surface area contributed by atoms with E-state index in [0.29, 0.717) is 6.54 Å². The van der Waals surface area contributed by atoms with E-state index in [2.05, 4.69) is 70.5 Å². The first-order valence-corrected chi connectivity index (χ1v) is 9.61. The molecule has 0 aliphatic heterocycles. The van der Waals surface area contributed by atoms with Crippen LogP contribution in [0, 0.1) is 6.92 Å². The summed E-state index contributed by atoms with van der Waals surface area (Å²) in [6, 6.07) is 8.19. The molecule has 0 atom stereocenters. The highest BCUT2D eigenvalue weighted by Gasteiger charge is 2.22. The van der Waals surface area contributed by atoms with E-state index in [9.17, 15) is 0 Å². The highest BCUT2D eigenvalue weighted by molar-refractivity contribution is 8.00. The van der Waals surface area contributed by atoms with E-state index in [4.69, 9.17) is 0 Å². The number of nitrogens with zero attached hydrogens (tertiary/aromatic N) is 5. The van der Waals surface area contributed by atoms with E-state index in [1.165, 1.54) is 28.9 Å². The van der Waals surface area contributed by atoms with Crippen molar-refractivity contribution in [3.63, 3.8) is 0 Å². The Morgan fingerprint density at radius 3 is 2.64 bits per heavy atom. The zero-order valence-electron chi connectivity index (χ0n) is 14.9. The van der Waals surface area contributed by atoms with E-state index >= 15 is 0 Å². The Morgan fingerprint density at radius 2 is 2.00 bits per heavy atom. The third-order valence-corrected chi connectivity index (χ3v) is 5.41. The van der Waals surface area contributed by atoms with Gasteiger partial charge in [0.25, 0.3) is 0 Å². The van der Waals surface area contributed by atoms with Crippen LogP contribution in [0.4, 0.5) is 0 Å². The number of aryl methyl sites for hydroxylation is 1. The van der Waals surface area contributed by atoms with Crippen LogP contribution in [0.5, 0.6) is 0 Å². The lowest BCUT2D eigenvalue weighted by molar-refractivity contribution is 0.551. The summed E-state index contributed by atoms with van der Waals surface area (Å²) in [6.07, 6.45) is 1.86. The molecule has 0 saturated carbocycles. The molecule has 2 heterocycles. The van der Waals surface area contributed by atoms with Crippen LogP contribution in [-0.2, 0) is 12.0 Å². The molecule has 130 valence electrons. The average Bonchev–Trinajstić information content (AvgIpc) is 3.17. The van der Waals surface area contributed by atoms with Crippen molar-refractivity contribution in [2.75, 3.05) is 0 Å². The van der Waals surface area contributed by atoms with E-state index in [-0.39, 0.29) is 5.41 Å². The van der Waals surface area contributed by atoms with Gasteiger partial charge >= 0.3 is 0 Å². The van der Waals surface area contributed by atoms with Gasteiger partial charge in [0.05, 0.1) is 0 Å². The van der Waals surface area contributed by atoms with E-state index < -0.39 is 0 Å². The second-order valence-corrected chi connectivity index (χ2v) is 8.72. The summed E-state index contributed by atoms with van der Waals surface area (Å²) in [4.78, 5) is 4.64. The molecule has 3 aromatic rings. The predicted molar refractivity (Wildman–Crippen MR) is 103 cm³/mol. The van der Waals surface area contributed by atoms with Crippen LogP contribution in [0.25, 0.3) is 11.4 Å². The first-order chi connectivity index (χ1) is 11.9. The topological polar surface area (TPSA) is 56.5 Å². The molecular formula is C18H21N5S2. The summed E-state index contributed by atoms with van der Waals surface area (Å²) < 4.78 is 7.41. The van der Waals surface area contributed by atoms with Crippen molar-refractivity contribution in [1.82, 2.24) is 24.1 Å². The Labute approximate surface area is 156 Å². The number of rotatable bonds is 5. The molecule has 0 N–H and O–H groups in total. The normalized spacial score (nSPS) is 11.7. The smallest absolute Gasteiger partial charge is 0.198 e. The third-order valence-electron chi connectivity index (χ3n) is 3.67. The van der Waals surface area contributed by atoms with Crippen molar-refractivity contribution in [2.24, 2.45) is 0 Å². The quantitative estimate of drug-likeness (QED) is 0.606. The molecule has 3 rings (SSSR count). The second kappa shape index (κ2) is 7.09. The third kappa shape index (κ3) is 3.82. The lowest BCUT2D eigenvalue weighted by atomic mass is 9.96. The number of hydrogen-bond donors (Lipinski definition) is 0. The van der Waals surface area contributed by atoms with Gasteiger partial charge in [-0.2, -0.15) is 4.37 Å². The molecule has 25 heavy (non-hydrogen) atoms. The minimum Gasteiger partial charge on any atom is -0.298 e. The predicted octanol–water partition coefficient (Wildman–Crippen LogP) is 4.74. The van der Waals surface area contributed by atoms with Gasteiger partial charge in [-0.15, -0.1) is 16.8 Å². The van der Waals surface area contributed by atoms with Gasteiger partial charge in [0.1, 0.15) is 5.82 Å². The van der Waals surface area contributed by atoms with Crippen molar-refractivity contribution >= 4 is 23.3 Å². The number of aromatic nitrogens is 5. The van der Waals surface area contributed by atoms with E-state index in [1.54, 1.807) is 0 Å². The highest BCUT2D eigenvalue weighted by atomic mass is 32.2. The zero-order valence-corrected chi connectivity index (χ0v) is 16.5. The zero-order chi connectivity index (χ0) is 18.0. The Hall–Kier alpha value is -1.99. The lowest BCUT2D eigenvalue weighted by Crippen LogP contribution is -2.12. The maximum absolute atomic E-state index is 4.64. The largest absolute Gasteiger partial charge is 0.298 e. The van der Waals surface area contributed by atoms with Gasteiger partial charge in [-0.25, -0.2) is 4.98 Å². The molecule has 0 radical (unpaired) electrons. The van der Waals surface area contributed by atoms with Crippen molar-refractivity contribution in [3.05, 3.63) is 48.3 Å². The van der Waals surface area contributed by atoms with Crippen LogP contribution in [0.1, 0.15) is 32.2 Å². The second-order valence-electron chi connectivity index (χ2n) is 6.76. The molecule has 2 aromatic heterocycles. The van der Waals surface area contributed by atoms with Crippen LogP contribution in [0.2, 0.25) is 0 Å². The summed E-state index contributed by atoms with van der Waals surface area (Å²) in [6.45, 7) is 12.9. The van der Waals surface area contributed by atoms with Crippen LogP contribution in [0.3, 0.4) is 0 Å². The van der Waals surface area contributed by atoms with Gasteiger partial charge in [-0.3, -0.25) is 4.57 Å². The molecular weight excluding hydrogens is 350 g/mol. The van der Waals surface area contributed by atoms with Crippen molar-refractivity contribution in [3.8, 4) is 11.4 Å². The minimum absolute atomic E-state index is 0.0591. The molecule has 0 aliphatic carbocycles. The monoisotopic (exact) mass is 371 g/mol. The van der Waals surface area contributed by atoms with E-state index in [0.717, 1.165) is 26.7 Å². The fourth-order valence-corrected chi connectivity index (χ4v) is 4.05. The molecule has 7 heteroatoms. The van der Waals surface area contributed by atoms with Crippen LogP contribution >= 0.6 is 23.3 Å². The van der Waals surface area contributed by atoms with Gasteiger partial charge in [-0.1, -0.05) is 51.1 Å². The Morgan fingerprint density at radius 1 is 1.24 bits per heavy atom. The maximum Gasteiger partial charge on any atom is 0.198 e. The minimum atomic E-state index is -0.0591. The van der Waals surface area contributed by atoms with Gasteiger partial charge in [-0.05, 0) is 35.8 Å². The summed E-state index contributed by atoms with van der Waals surface area (Å²) >= 11 is 2.90. The summed E-state index contributed by atoms with van der Waals surface area (Å²) in [5.41, 5.74) is 2.19. The SMILES string of the molecule is C=CCn1c(Sc2nc(C(C)(C)C)ns2)nnc1-c1ccccc1C. The number of benzene rings is 1. The van der Waals surface area contributed by atoms with Crippen molar-refractivity contribution in [2.45, 2.75) is 49.2 Å². The summed E-state index contributed by atoms with van der Waals surface area (Å²) in [7, 11) is 0. The Bertz CT molecular complexity index is 889. The van der Waals surface area contributed by atoms with Gasteiger partial charge in [0.15, 0.2) is 15.3 Å². The van der Waals surface area contributed by atoms with Crippen molar-refractivity contribution in [1.29, 1.82) is 0 Å². The van der Waals surface area contributed by atoms with Gasteiger partial charge < -0.3 is 0 Å². The molecule has 0 spiro atoms.